The first-order valence-electron chi connectivity index (χ1n) is 6.77. The van der Waals surface area contributed by atoms with Gasteiger partial charge in [-0.3, -0.25) is 0 Å². The normalized spacial score (nSPS) is 32.6. The first kappa shape index (κ1) is 12.1. The number of rotatable bonds is 6. The number of hydrogen-bond acceptors (Lipinski definition) is 2. The Balaban J connectivity index is 1.84. The van der Waals surface area contributed by atoms with Gasteiger partial charge in [0.15, 0.2) is 0 Å². The molecule has 0 aliphatic heterocycles. The van der Waals surface area contributed by atoms with E-state index in [1.54, 1.807) is 0 Å². The summed E-state index contributed by atoms with van der Waals surface area (Å²) in [5, 5.41) is 13.1. The van der Waals surface area contributed by atoms with Gasteiger partial charge >= 0.3 is 0 Å². The second kappa shape index (κ2) is 4.89. The molecule has 2 heteroatoms. The monoisotopic (exact) mass is 223 g/mol. The smallest absolute Gasteiger partial charge is 0.0613 e. The van der Waals surface area contributed by atoms with Crippen molar-refractivity contribution >= 4 is 0 Å². The summed E-state index contributed by atoms with van der Waals surface area (Å²) in [6, 6.07) is 0. The van der Waals surface area contributed by atoms with E-state index in [1.165, 1.54) is 12.8 Å². The van der Waals surface area contributed by atoms with Gasteiger partial charge in [-0.1, -0.05) is 26.0 Å². The lowest BCUT2D eigenvalue weighted by molar-refractivity contribution is 0.143. The molecule has 2 nitrogen and oxygen atoms in total. The van der Waals surface area contributed by atoms with Crippen LogP contribution >= 0.6 is 0 Å². The van der Waals surface area contributed by atoms with Crippen LogP contribution in [0.4, 0.5) is 0 Å². The van der Waals surface area contributed by atoms with Crippen molar-refractivity contribution < 1.29 is 5.11 Å². The van der Waals surface area contributed by atoms with Crippen molar-refractivity contribution in [2.24, 2.45) is 17.8 Å². The van der Waals surface area contributed by atoms with E-state index < -0.39 is 0 Å². The van der Waals surface area contributed by atoms with Gasteiger partial charge in [-0.15, -0.1) is 0 Å². The fourth-order valence-corrected chi connectivity index (χ4v) is 3.26. The van der Waals surface area contributed by atoms with Crippen molar-refractivity contribution in [2.75, 3.05) is 13.2 Å². The molecule has 0 aromatic carbocycles. The van der Waals surface area contributed by atoms with Gasteiger partial charge in [0, 0.05) is 5.54 Å². The summed E-state index contributed by atoms with van der Waals surface area (Å²) in [4.78, 5) is 0. The third-order valence-electron chi connectivity index (χ3n) is 4.81. The highest BCUT2D eigenvalue weighted by atomic mass is 16.3. The first-order valence-corrected chi connectivity index (χ1v) is 6.77. The standard InChI is InChI=1S/C14H25NO/c1-3-14(4-2,10-16)15-9-13-8-11-5-6-12(13)7-11/h5-6,11-13,15-16H,3-4,7-10H2,1-2H3. The van der Waals surface area contributed by atoms with Gasteiger partial charge in [0.25, 0.3) is 0 Å². The second-order valence-corrected chi connectivity index (χ2v) is 5.57. The molecular formula is C14H25NO. The summed E-state index contributed by atoms with van der Waals surface area (Å²) in [6.07, 6.45) is 9.53. The third kappa shape index (κ3) is 2.18. The van der Waals surface area contributed by atoms with Crippen molar-refractivity contribution in [2.45, 2.75) is 45.1 Å². The molecule has 1 fully saturated rings. The highest BCUT2D eigenvalue weighted by Gasteiger charge is 2.36. The predicted octanol–water partition coefficient (Wildman–Crippen LogP) is 2.34. The SMILES string of the molecule is CCC(CC)(CO)NCC1CC2C=CC1C2. The van der Waals surface area contributed by atoms with Crippen LogP contribution < -0.4 is 5.32 Å². The molecule has 0 spiro atoms. The van der Waals surface area contributed by atoms with Crippen LogP contribution in [0.1, 0.15) is 39.5 Å². The summed E-state index contributed by atoms with van der Waals surface area (Å²) in [5.74, 6) is 2.46. The fourth-order valence-electron chi connectivity index (χ4n) is 3.26. The molecule has 92 valence electrons. The number of hydrogen-bond donors (Lipinski definition) is 2. The Bertz CT molecular complexity index is 249. The molecule has 0 saturated heterocycles. The lowest BCUT2D eigenvalue weighted by Crippen LogP contribution is -2.49. The maximum atomic E-state index is 9.51. The van der Waals surface area contributed by atoms with Gasteiger partial charge < -0.3 is 10.4 Å². The Hall–Kier alpha value is -0.340. The van der Waals surface area contributed by atoms with Crippen molar-refractivity contribution in [3.05, 3.63) is 12.2 Å². The van der Waals surface area contributed by atoms with Gasteiger partial charge in [-0.05, 0) is 50.0 Å². The van der Waals surface area contributed by atoms with Gasteiger partial charge in [-0.25, -0.2) is 0 Å². The maximum Gasteiger partial charge on any atom is 0.0613 e. The largest absolute Gasteiger partial charge is 0.394 e. The van der Waals surface area contributed by atoms with Gasteiger partial charge in [0.2, 0.25) is 0 Å². The van der Waals surface area contributed by atoms with E-state index in [2.05, 4.69) is 31.3 Å². The minimum Gasteiger partial charge on any atom is -0.394 e. The third-order valence-corrected chi connectivity index (χ3v) is 4.81. The lowest BCUT2D eigenvalue weighted by Gasteiger charge is -2.33. The highest BCUT2D eigenvalue weighted by Crippen LogP contribution is 2.43. The predicted molar refractivity (Wildman–Crippen MR) is 67.2 cm³/mol. The van der Waals surface area contributed by atoms with Crippen LogP contribution in [0.5, 0.6) is 0 Å². The molecule has 2 N–H and O–H groups in total. The Morgan fingerprint density at radius 3 is 2.44 bits per heavy atom. The van der Waals surface area contributed by atoms with E-state index in [0.29, 0.717) is 0 Å². The zero-order chi connectivity index (χ0) is 11.6. The summed E-state index contributed by atoms with van der Waals surface area (Å²) in [5.41, 5.74) is -0.0362. The number of aliphatic hydroxyl groups is 1. The topological polar surface area (TPSA) is 32.3 Å². The molecule has 0 amide bonds. The van der Waals surface area contributed by atoms with Crippen LogP contribution in [0.2, 0.25) is 0 Å². The average Bonchev–Trinajstić information content (AvgIpc) is 2.93. The van der Waals surface area contributed by atoms with E-state index in [1.807, 2.05) is 0 Å². The van der Waals surface area contributed by atoms with Crippen molar-refractivity contribution in [3.8, 4) is 0 Å². The summed E-state index contributed by atoms with van der Waals surface area (Å²) < 4.78 is 0. The fraction of sp³-hybridized carbons (Fsp3) is 0.857. The van der Waals surface area contributed by atoms with E-state index in [4.69, 9.17) is 0 Å². The molecular weight excluding hydrogens is 198 g/mol. The Morgan fingerprint density at radius 1 is 1.25 bits per heavy atom. The molecule has 3 atom stereocenters. The molecule has 0 aromatic heterocycles. The minimum absolute atomic E-state index is 0.0362. The Morgan fingerprint density at radius 2 is 2.00 bits per heavy atom. The van der Waals surface area contributed by atoms with Gasteiger partial charge in [-0.2, -0.15) is 0 Å². The molecule has 16 heavy (non-hydrogen) atoms. The van der Waals surface area contributed by atoms with Crippen LogP contribution in [0, 0.1) is 17.8 Å². The summed E-state index contributed by atoms with van der Waals surface area (Å²) in [6.45, 7) is 5.66. The Labute approximate surface area is 99.1 Å². The van der Waals surface area contributed by atoms with Crippen LogP contribution in [0.15, 0.2) is 12.2 Å². The van der Waals surface area contributed by atoms with E-state index in [9.17, 15) is 5.11 Å². The molecule has 0 heterocycles. The molecule has 2 rings (SSSR count). The molecule has 2 aliphatic carbocycles. The Kier molecular flexibility index (Phi) is 3.70. The molecule has 3 unspecified atom stereocenters. The average molecular weight is 223 g/mol. The quantitative estimate of drug-likeness (QED) is 0.677. The van der Waals surface area contributed by atoms with Crippen molar-refractivity contribution in [1.82, 2.24) is 5.32 Å². The maximum absolute atomic E-state index is 9.51. The van der Waals surface area contributed by atoms with E-state index >= 15 is 0 Å². The van der Waals surface area contributed by atoms with Crippen LogP contribution in [0.25, 0.3) is 0 Å². The van der Waals surface area contributed by atoms with E-state index in [-0.39, 0.29) is 12.1 Å². The number of aliphatic hydroxyl groups excluding tert-OH is 1. The number of nitrogens with one attached hydrogen (secondary N) is 1. The molecule has 1 saturated carbocycles. The van der Waals surface area contributed by atoms with Gasteiger partial charge in [0.1, 0.15) is 0 Å². The molecule has 2 aliphatic rings. The molecule has 0 aromatic rings. The van der Waals surface area contributed by atoms with Crippen LogP contribution in [0.3, 0.4) is 0 Å². The van der Waals surface area contributed by atoms with Crippen molar-refractivity contribution in [1.29, 1.82) is 0 Å². The molecule has 2 bridgehead atoms. The lowest BCUT2D eigenvalue weighted by atomic mass is 9.89. The highest BCUT2D eigenvalue weighted by molar-refractivity contribution is 5.10. The zero-order valence-electron chi connectivity index (χ0n) is 10.6. The number of fused-ring (bicyclic) bond motifs is 2. The second-order valence-electron chi connectivity index (χ2n) is 5.57. The zero-order valence-corrected chi connectivity index (χ0v) is 10.6. The minimum atomic E-state index is -0.0362. The summed E-state index contributed by atoms with van der Waals surface area (Å²) >= 11 is 0. The van der Waals surface area contributed by atoms with Crippen molar-refractivity contribution in [3.63, 3.8) is 0 Å². The van der Waals surface area contributed by atoms with Crippen LogP contribution in [-0.4, -0.2) is 23.8 Å². The van der Waals surface area contributed by atoms with Crippen LogP contribution in [-0.2, 0) is 0 Å². The summed E-state index contributed by atoms with van der Waals surface area (Å²) in [7, 11) is 0. The van der Waals surface area contributed by atoms with Gasteiger partial charge in [0.05, 0.1) is 6.61 Å². The molecule has 0 radical (unpaired) electrons. The first-order chi connectivity index (χ1) is 7.73. The number of allylic oxidation sites excluding steroid dienone is 2. The van der Waals surface area contributed by atoms with E-state index in [0.717, 1.165) is 37.1 Å².